The van der Waals surface area contributed by atoms with Crippen LogP contribution in [0, 0.1) is 0 Å². The molecule has 1 unspecified atom stereocenters. The van der Waals surface area contributed by atoms with Crippen molar-refractivity contribution in [2.24, 2.45) is 0 Å². The van der Waals surface area contributed by atoms with Crippen LogP contribution in [0.5, 0.6) is 5.75 Å². The van der Waals surface area contributed by atoms with Crippen LogP contribution in [0.15, 0.2) is 73.1 Å². The molecule has 2 aromatic carbocycles. The summed E-state index contributed by atoms with van der Waals surface area (Å²) in [6, 6.07) is 16.0. The topological polar surface area (TPSA) is 244 Å². The lowest BCUT2D eigenvalue weighted by Gasteiger charge is -2.30. The second kappa shape index (κ2) is 17.6. The largest absolute Gasteiger partial charge is 0.467 e. The van der Waals surface area contributed by atoms with Crippen molar-refractivity contribution in [3.05, 3.63) is 89.9 Å². The zero-order valence-corrected chi connectivity index (χ0v) is 31.8. The molecule has 0 bridgehead atoms. The number of hydrogen-bond donors (Lipinski definition) is 5. The first-order valence-corrected chi connectivity index (χ1v) is 18.8. The molecule has 0 saturated carbocycles. The molecule has 296 valence electrons. The van der Waals surface area contributed by atoms with Crippen LogP contribution in [0.4, 0.5) is 10.6 Å². The molecule has 1 aliphatic heterocycles. The van der Waals surface area contributed by atoms with Gasteiger partial charge in [0.2, 0.25) is 0 Å². The van der Waals surface area contributed by atoms with Gasteiger partial charge in [0.25, 0.3) is 0 Å². The first kappa shape index (κ1) is 41.1. The highest BCUT2D eigenvalue weighted by Gasteiger charge is 2.54. The summed E-state index contributed by atoms with van der Waals surface area (Å²) >= 11 is 0. The van der Waals surface area contributed by atoms with Crippen LogP contribution in [0.3, 0.4) is 0 Å². The van der Waals surface area contributed by atoms with Gasteiger partial charge in [0.15, 0.2) is 5.82 Å². The summed E-state index contributed by atoms with van der Waals surface area (Å²) < 4.78 is 48.9. The van der Waals surface area contributed by atoms with E-state index in [9.17, 15) is 29.2 Å². The number of aliphatic hydroxyl groups is 2. The van der Waals surface area contributed by atoms with Crippen LogP contribution in [-0.2, 0) is 50.7 Å². The molecule has 18 nitrogen and oxygen atoms in total. The average Bonchev–Trinajstić information content (AvgIpc) is 3.69. The van der Waals surface area contributed by atoms with E-state index in [1.54, 1.807) is 62.4 Å². The lowest BCUT2D eigenvalue weighted by Crippen LogP contribution is -2.45. The number of carbonyl (C=O) groups excluding carboxylic acids is 3. The number of benzene rings is 2. The Balaban J connectivity index is 1.29. The Labute approximate surface area is 316 Å². The highest BCUT2D eigenvalue weighted by Crippen LogP contribution is 2.48. The molecule has 6 N–H and O–H groups in total. The number of ether oxygens (including phenoxy) is 4. The van der Waals surface area contributed by atoms with Crippen LogP contribution >= 0.6 is 7.75 Å². The van der Waals surface area contributed by atoms with E-state index in [1.807, 2.05) is 6.07 Å². The maximum absolute atomic E-state index is 14.3. The Kier molecular flexibility index (Phi) is 13.1. The summed E-state index contributed by atoms with van der Waals surface area (Å²) in [7, 11) is -3.30. The van der Waals surface area contributed by atoms with Crippen molar-refractivity contribution in [1.82, 2.24) is 25.0 Å². The summed E-state index contributed by atoms with van der Waals surface area (Å²) in [5.41, 5.74) is 6.47. The molecule has 1 saturated heterocycles. The number of carbonyl (C=O) groups is 3. The number of nitrogen functional groups attached to an aromatic ring is 1. The quantitative estimate of drug-likeness (QED) is 0.0623. The Morgan fingerprint density at radius 3 is 2.40 bits per heavy atom. The van der Waals surface area contributed by atoms with Gasteiger partial charge in [0, 0.05) is 6.42 Å². The number of hydrogen-bond acceptors (Lipinski definition) is 15. The van der Waals surface area contributed by atoms with Gasteiger partial charge in [0.05, 0.1) is 25.5 Å². The summed E-state index contributed by atoms with van der Waals surface area (Å²) in [5, 5.41) is 31.5. The van der Waals surface area contributed by atoms with Gasteiger partial charge in [0.1, 0.15) is 60.2 Å². The predicted molar refractivity (Wildman–Crippen MR) is 195 cm³/mol. The number of nitrogens with two attached hydrogens (primary N) is 1. The zero-order chi connectivity index (χ0) is 39.9. The third-order valence-corrected chi connectivity index (χ3v) is 10.2. The molecular weight excluding hydrogens is 739 g/mol. The fourth-order valence-electron chi connectivity index (χ4n) is 5.73. The van der Waals surface area contributed by atoms with Crippen molar-refractivity contribution in [2.45, 2.75) is 82.8 Å². The second-order valence-corrected chi connectivity index (χ2v) is 15.0. The minimum Gasteiger partial charge on any atom is -0.467 e. The maximum atomic E-state index is 14.3. The molecule has 4 aromatic rings. The molecular formula is C36H45N6O12P. The maximum Gasteiger partial charge on any atom is 0.459 e. The summed E-state index contributed by atoms with van der Waals surface area (Å²) in [6.07, 6.45) is -4.15. The van der Waals surface area contributed by atoms with E-state index in [4.69, 9.17) is 33.7 Å². The molecule has 55 heavy (non-hydrogen) atoms. The van der Waals surface area contributed by atoms with E-state index in [2.05, 4.69) is 20.5 Å². The molecule has 1 amide bonds. The smallest absolute Gasteiger partial charge is 0.459 e. The molecule has 0 spiro atoms. The van der Waals surface area contributed by atoms with E-state index in [1.165, 1.54) is 43.9 Å². The van der Waals surface area contributed by atoms with Gasteiger partial charge in [-0.2, -0.15) is 10.2 Å². The number of anilines is 1. The van der Waals surface area contributed by atoms with Gasteiger partial charge in [-0.05, 0) is 63.1 Å². The summed E-state index contributed by atoms with van der Waals surface area (Å²) in [5.74, 6) is -1.22. The van der Waals surface area contributed by atoms with Gasteiger partial charge in [-0.3, -0.25) is 9.32 Å². The number of aromatic nitrogens is 3. The van der Waals surface area contributed by atoms with Crippen molar-refractivity contribution in [2.75, 3.05) is 19.5 Å². The van der Waals surface area contributed by atoms with E-state index >= 15 is 0 Å². The number of methoxy groups -OCH3 is 1. The van der Waals surface area contributed by atoms with E-state index < -0.39 is 74.5 Å². The van der Waals surface area contributed by atoms with Crippen LogP contribution < -0.4 is 20.7 Å². The fraction of sp³-hybridized carbons (Fsp3) is 0.417. The number of esters is 2. The first-order valence-electron chi connectivity index (χ1n) is 17.3. The standard InChI is InChI=1S/C36H45N6O12P/c1-21(2)52-33(45)22(3)41-55(48,51-19-36(4)31(44)29(43)30(53-36)27-15-16-28-32(37)38-20-39-42(27)28)54-25-13-11-23(12-14-25)17-26(34(46)49-5)40-35(47)50-18-24-9-7-6-8-10-24/h6-16,20-22,26,29-31,43-44H,17-19H2,1-5H3,(H,40,47)(H,41,48)(H2,37,38,39)/t22-,26-,29-,30-,31-,36+,55?/m0/s1. The van der Waals surface area contributed by atoms with Crippen molar-refractivity contribution >= 4 is 37.1 Å². The first-order chi connectivity index (χ1) is 26.1. The normalized spacial score (nSPS) is 21.7. The minimum atomic E-state index is -4.49. The molecule has 3 heterocycles. The van der Waals surface area contributed by atoms with Gasteiger partial charge >= 0.3 is 25.8 Å². The SMILES string of the molecule is COC(=O)[C@H](Cc1ccc(OP(=O)(N[C@@H](C)C(=O)OC(C)C)OC[C@@]2(C)O[C@@H](c3ccc4c(N)ncnn34)[C@H](O)[C@@H]2O)cc1)NC(=O)OCc1ccccc1. The average molecular weight is 785 g/mol. The van der Waals surface area contributed by atoms with E-state index in [0.717, 1.165) is 5.56 Å². The number of nitrogens with one attached hydrogen (secondary N) is 2. The number of aliphatic hydroxyl groups excluding tert-OH is 2. The van der Waals surface area contributed by atoms with Crippen LogP contribution in [0.25, 0.3) is 5.52 Å². The van der Waals surface area contributed by atoms with Crippen molar-refractivity contribution in [3.8, 4) is 5.75 Å². The number of alkyl carbamates (subject to hydrolysis) is 1. The van der Waals surface area contributed by atoms with Crippen molar-refractivity contribution in [1.29, 1.82) is 0 Å². The predicted octanol–water partition coefficient (Wildman–Crippen LogP) is 3.01. The van der Waals surface area contributed by atoms with Gasteiger partial charge in [-0.25, -0.2) is 23.7 Å². The molecule has 0 aliphatic carbocycles. The third kappa shape index (κ3) is 10.2. The van der Waals surface area contributed by atoms with Gasteiger partial charge in [-0.1, -0.05) is 42.5 Å². The number of fused-ring (bicyclic) bond motifs is 1. The fourth-order valence-corrected chi connectivity index (χ4v) is 7.32. The molecule has 1 fully saturated rings. The number of amides is 1. The van der Waals surface area contributed by atoms with Crippen LogP contribution in [0.1, 0.15) is 50.6 Å². The molecule has 2 aromatic heterocycles. The Bertz CT molecular complexity index is 2000. The lowest BCUT2D eigenvalue weighted by atomic mass is 9.97. The molecule has 5 rings (SSSR count). The van der Waals surface area contributed by atoms with Crippen molar-refractivity contribution < 1.29 is 57.2 Å². The Hall–Kier alpha value is -5.10. The monoisotopic (exact) mass is 784 g/mol. The summed E-state index contributed by atoms with van der Waals surface area (Å²) in [6.45, 7) is 5.59. The van der Waals surface area contributed by atoms with E-state index in [-0.39, 0.29) is 24.6 Å². The molecule has 1 aliphatic rings. The Morgan fingerprint density at radius 2 is 1.73 bits per heavy atom. The highest BCUT2D eigenvalue weighted by molar-refractivity contribution is 7.52. The highest BCUT2D eigenvalue weighted by atomic mass is 31.2. The molecule has 7 atom stereocenters. The molecule has 19 heteroatoms. The second-order valence-electron chi connectivity index (χ2n) is 13.3. The molecule has 0 radical (unpaired) electrons. The third-order valence-electron chi connectivity index (χ3n) is 8.62. The number of nitrogens with zero attached hydrogens (tertiary/aromatic N) is 3. The minimum absolute atomic E-state index is 0.00263. The number of rotatable bonds is 16. The zero-order valence-electron chi connectivity index (χ0n) is 30.9. The van der Waals surface area contributed by atoms with Crippen LogP contribution in [0.2, 0.25) is 0 Å². The van der Waals surface area contributed by atoms with Crippen molar-refractivity contribution in [3.63, 3.8) is 0 Å². The van der Waals surface area contributed by atoms with E-state index in [0.29, 0.717) is 16.8 Å². The van der Waals surface area contributed by atoms with Gasteiger partial charge in [-0.15, -0.1) is 0 Å². The Morgan fingerprint density at radius 1 is 1.02 bits per heavy atom. The summed E-state index contributed by atoms with van der Waals surface area (Å²) in [4.78, 5) is 41.7. The van der Waals surface area contributed by atoms with Gasteiger partial charge < -0.3 is 44.7 Å². The lowest BCUT2D eigenvalue weighted by molar-refractivity contribution is -0.149. The van der Waals surface area contributed by atoms with Crippen LogP contribution in [-0.4, -0.2) is 92.6 Å².